The number of ether oxygens (including phenoxy) is 2. The molecular formula is C19H22F3NO4. The van der Waals surface area contributed by atoms with Crippen LogP contribution in [-0.4, -0.2) is 31.8 Å². The molecule has 5 nitrogen and oxygen atoms in total. The number of hydrogen-bond acceptors (Lipinski definition) is 4. The summed E-state index contributed by atoms with van der Waals surface area (Å²) < 4.78 is 51.3. The zero-order valence-corrected chi connectivity index (χ0v) is 15.2. The van der Waals surface area contributed by atoms with Gasteiger partial charge in [-0.2, -0.15) is 13.2 Å². The number of furan rings is 1. The Bertz CT molecular complexity index is 756. The fraction of sp³-hybridized carbons (Fsp3) is 0.421. The number of amides is 1. The van der Waals surface area contributed by atoms with Crippen molar-refractivity contribution in [1.82, 2.24) is 5.32 Å². The maximum atomic E-state index is 11.9. The van der Waals surface area contributed by atoms with Gasteiger partial charge in [0, 0.05) is 13.2 Å². The van der Waals surface area contributed by atoms with E-state index in [1.807, 2.05) is 32.0 Å². The number of halogens is 3. The second kappa shape index (κ2) is 9.45. The number of carbonyl (C=O) groups is 1. The van der Waals surface area contributed by atoms with Crippen LogP contribution < -0.4 is 10.1 Å². The summed E-state index contributed by atoms with van der Waals surface area (Å²) in [6, 6.07) is 9.00. The predicted octanol–water partition coefficient (Wildman–Crippen LogP) is 4.17. The third-order valence-electron chi connectivity index (χ3n) is 3.60. The van der Waals surface area contributed by atoms with Crippen molar-refractivity contribution in [3.8, 4) is 5.75 Å². The lowest BCUT2D eigenvalue weighted by Crippen LogP contribution is -2.25. The summed E-state index contributed by atoms with van der Waals surface area (Å²) in [6.45, 7) is 2.93. The third kappa shape index (κ3) is 7.34. The summed E-state index contributed by atoms with van der Waals surface area (Å²) >= 11 is 0. The SMILES string of the molecule is Cc1ccc(OCc2ccc(C(=O)NCCCOCC(F)(F)F)o2)c(C)c1. The van der Waals surface area contributed by atoms with Gasteiger partial charge in [0.05, 0.1) is 0 Å². The molecule has 0 aliphatic heterocycles. The zero-order valence-electron chi connectivity index (χ0n) is 15.2. The lowest BCUT2D eigenvalue weighted by Gasteiger charge is -2.08. The Kier molecular flexibility index (Phi) is 7.29. The number of rotatable bonds is 9. The lowest BCUT2D eigenvalue weighted by atomic mass is 10.1. The topological polar surface area (TPSA) is 60.7 Å². The van der Waals surface area contributed by atoms with Crippen LogP contribution in [-0.2, 0) is 11.3 Å². The first-order chi connectivity index (χ1) is 12.7. The zero-order chi connectivity index (χ0) is 19.9. The molecule has 0 saturated heterocycles. The summed E-state index contributed by atoms with van der Waals surface area (Å²) in [5.41, 5.74) is 2.15. The van der Waals surface area contributed by atoms with Gasteiger partial charge in [0.15, 0.2) is 5.76 Å². The van der Waals surface area contributed by atoms with Gasteiger partial charge in [-0.3, -0.25) is 4.79 Å². The molecule has 0 radical (unpaired) electrons. The molecule has 148 valence electrons. The number of hydrogen-bond donors (Lipinski definition) is 1. The Morgan fingerprint density at radius 1 is 1.19 bits per heavy atom. The number of nitrogens with one attached hydrogen (secondary N) is 1. The van der Waals surface area contributed by atoms with Gasteiger partial charge in [0.1, 0.15) is 24.7 Å². The van der Waals surface area contributed by atoms with E-state index in [2.05, 4.69) is 10.1 Å². The highest BCUT2D eigenvalue weighted by Gasteiger charge is 2.27. The van der Waals surface area contributed by atoms with Gasteiger partial charge in [-0.1, -0.05) is 17.7 Å². The van der Waals surface area contributed by atoms with Crippen LogP contribution in [0.3, 0.4) is 0 Å². The van der Waals surface area contributed by atoms with Crippen molar-refractivity contribution in [1.29, 1.82) is 0 Å². The fourth-order valence-electron chi connectivity index (χ4n) is 2.34. The normalized spacial score (nSPS) is 11.4. The van der Waals surface area contributed by atoms with Crippen molar-refractivity contribution in [3.05, 3.63) is 53.0 Å². The van der Waals surface area contributed by atoms with Gasteiger partial charge in [0.2, 0.25) is 0 Å². The largest absolute Gasteiger partial charge is 0.485 e. The van der Waals surface area contributed by atoms with Crippen molar-refractivity contribution in [2.24, 2.45) is 0 Å². The molecule has 1 N–H and O–H groups in total. The second-order valence-corrected chi connectivity index (χ2v) is 6.10. The molecule has 0 aliphatic rings. The fourth-order valence-corrected chi connectivity index (χ4v) is 2.34. The number of alkyl halides is 3. The van der Waals surface area contributed by atoms with Crippen LogP contribution in [0.15, 0.2) is 34.7 Å². The standard InChI is InChI=1S/C19H22F3NO4/c1-13-4-6-16(14(2)10-13)26-11-15-5-7-17(27-15)18(24)23-8-3-9-25-12-19(20,21)22/h4-7,10H,3,8-9,11-12H2,1-2H3,(H,23,24). The monoisotopic (exact) mass is 385 g/mol. The van der Waals surface area contributed by atoms with Gasteiger partial charge in [-0.05, 0) is 44.0 Å². The molecule has 0 atom stereocenters. The second-order valence-electron chi connectivity index (χ2n) is 6.10. The molecule has 0 unspecified atom stereocenters. The molecule has 0 bridgehead atoms. The average Bonchev–Trinajstić information content (AvgIpc) is 3.05. The van der Waals surface area contributed by atoms with E-state index >= 15 is 0 Å². The van der Waals surface area contributed by atoms with Crippen LogP contribution in [0.1, 0.15) is 33.9 Å². The molecule has 1 amide bonds. The predicted molar refractivity (Wildman–Crippen MR) is 92.8 cm³/mol. The summed E-state index contributed by atoms with van der Waals surface area (Å²) in [5, 5.41) is 2.56. The van der Waals surface area contributed by atoms with E-state index in [1.54, 1.807) is 6.07 Å². The lowest BCUT2D eigenvalue weighted by molar-refractivity contribution is -0.173. The van der Waals surface area contributed by atoms with Gasteiger partial charge in [0.25, 0.3) is 5.91 Å². The molecule has 0 saturated carbocycles. The Morgan fingerprint density at radius 3 is 2.67 bits per heavy atom. The van der Waals surface area contributed by atoms with E-state index in [9.17, 15) is 18.0 Å². The van der Waals surface area contributed by atoms with E-state index in [-0.39, 0.29) is 31.9 Å². The Hall–Kier alpha value is -2.48. The van der Waals surface area contributed by atoms with Crippen molar-refractivity contribution in [2.45, 2.75) is 33.1 Å². The van der Waals surface area contributed by atoms with Crippen LogP contribution in [0.2, 0.25) is 0 Å². The number of benzene rings is 1. The Labute approximate surface area is 155 Å². The van der Waals surface area contributed by atoms with Crippen LogP contribution in [0.4, 0.5) is 13.2 Å². The minimum atomic E-state index is -4.34. The van der Waals surface area contributed by atoms with E-state index in [0.29, 0.717) is 5.76 Å². The Balaban J connectivity index is 1.72. The molecule has 1 aromatic heterocycles. The Morgan fingerprint density at radius 2 is 1.96 bits per heavy atom. The quantitative estimate of drug-likeness (QED) is 0.658. The summed E-state index contributed by atoms with van der Waals surface area (Å²) in [6.07, 6.45) is -4.07. The molecule has 1 aromatic carbocycles. The van der Waals surface area contributed by atoms with Gasteiger partial charge >= 0.3 is 6.18 Å². The van der Waals surface area contributed by atoms with Crippen molar-refractivity contribution >= 4 is 5.91 Å². The van der Waals surface area contributed by atoms with Crippen molar-refractivity contribution in [3.63, 3.8) is 0 Å². The van der Waals surface area contributed by atoms with E-state index in [4.69, 9.17) is 9.15 Å². The van der Waals surface area contributed by atoms with Crippen LogP contribution in [0.5, 0.6) is 5.75 Å². The third-order valence-corrected chi connectivity index (χ3v) is 3.60. The van der Waals surface area contributed by atoms with E-state index in [1.165, 1.54) is 6.07 Å². The average molecular weight is 385 g/mol. The molecule has 2 rings (SSSR count). The highest BCUT2D eigenvalue weighted by molar-refractivity contribution is 5.91. The molecule has 0 fully saturated rings. The minimum absolute atomic E-state index is 0.0903. The number of carbonyl (C=O) groups excluding carboxylic acids is 1. The molecule has 27 heavy (non-hydrogen) atoms. The summed E-state index contributed by atoms with van der Waals surface area (Å²) in [5.74, 6) is 0.907. The van der Waals surface area contributed by atoms with Gasteiger partial charge < -0.3 is 19.2 Å². The van der Waals surface area contributed by atoms with Crippen LogP contribution in [0.25, 0.3) is 0 Å². The number of aryl methyl sites for hydroxylation is 2. The smallest absolute Gasteiger partial charge is 0.411 e. The first-order valence-electron chi connectivity index (χ1n) is 8.46. The highest BCUT2D eigenvalue weighted by Crippen LogP contribution is 2.20. The molecule has 1 heterocycles. The minimum Gasteiger partial charge on any atom is -0.485 e. The molecular weight excluding hydrogens is 363 g/mol. The summed E-state index contributed by atoms with van der Waals surface area (Å²) in [7, 11) is 0. The van der Waals surface area contributed by atoms with Crippen LogP contribution >= 0.6 is 0 Å². The first-order valence-corrected chi connectivity index (χ1v) is 8.46. The van der Waals surface area contributed by atoms with Crippen molar-refractivity contribution in [2.75, 3.05) is 19.8 Å². The van der Waals surface area contributed by atoms with Crippen LogP contribution in [0, 0.1) is 13.8 Å². The molecule has 8 heteroatoms. The van der Waals surface area contributed by atoms with E-state index in [0.717, 1.165) is 16.9 Å². The maximum Gasteiger partial charge on any atom is 0.411 e. The molecule has 0 spiro atoms. The first kappa shape index (κ1) is 20.8. The van der Waals surface area contributed by atoms with Crippen molar-refractivity contribution < 1.29 is 31.9 Å². The molecule has 2 aromatic rings. The van der Waals surface area contributed by atoms with Gasteiger partial charge in [-0.15, -0.1) is 0 Å². The highest BCUT2D eigenvalue weighted by atomic mass is 19.4. The van der Waals surface area contributed by atoms with Gasteiger partial charge in [-0.25, -0.2) is 0 Å². The summed E-state index contributed by atoms with van der Waals surface area (Å²) in [4.78, 5) is 11.9. The van der Waals surface area contributed by atoms with E-state index < -0.39 is 18.7 Å². The molecule has 0 aliphatic carbocycles. The maximum absolute atomic E-state index is 11.9.